The molecule has 0 amide bonds. The second-order valence-electron chi connectivity index (χ2n) is 4.11. The van der Waals surface area contributed by atoms with E-state index in [0.29, 0.717) is 18.8 Å². The molecule has 20 heavy (non-hydrogen) atoms. The molecule has 0 saturated carbocycles. The van der Waals surface area contributed by atoms with Gasteiger partial charge in [0.05, 0.1) is 11.3 Å². The van der Waals surface area contributed by atoms with Crippen LogP contribution in [0.25, 0.3) is 0 Å². The number of carbonyl (C=O) groups is 1. The molecular weight excluding hydrogens is 270 g/mol. The number of rotatable bonds is 5. The van der Waals surface area contributed by atoms with E-state index < -0.39 is 23.2 Å². The summed E-state index contributed by atoms with van der Waals surface area (Å²) in [6.45, 7) is 0.298. The van der Waals surface area contributed by atoms with Crippen molar-refractivity contribution in [3.63, 3.8) is 0 Å². The Bertz CT molecular complexity index is 642. The smallest absolute Gasteiger partial charge is 0.338 e. The number of aromatic nitrogens is 3. The van der Waals surface area contributed by atoms with Crippen molar-refractivity contribution in [2.24, 2.45) is 7.05 Å². The van der Waals surface area contributed by atoms with Crippen molar-refractivity contribution in [1.29, 1.82) is 0 Å². The van der Waals surface area contributed by atoms with E-state index in [1.807, 2.05) is 0 Å². The van der Waals surface area contributed by atoms with Gasteiger partial charge in [-0.05, 0) is 12.1 Å². The fourth-order valence-corrected chi connectivity index (χ4v) is 1.66. The predicted octanol–water partition coefficient (Wildman–Crippen LogP) is 1.45. The number of benzene rings is 1. The Morgan fingerprint density at radius 3 is 2.75 bits per heavy atom. The van der Waals surface area contributed by atoms with Gasteiger partial charge in [0, 0.05) is 20.0 Å². The number of nitrogens with one attached hydrogen (secondary N) is 1. The van der Waals surface area contributed by atoms with Crippen molar-refractivity contribution in [3.8, 4) is 0 Å². The lowest BCUT2D eigenvalue weighted by Crippen LogP contribution is -2.10. The SMILES string of the molecule is Cn1cnc(CCNc2ccc(C(=O)O)c(F)c2F)n1. The highest BCUT2D eigenvalue weighted by Gasteiger charge is 2.17. The van der Waals surface area contributed by atoms with Gasteiger partial charge in [0.1, 0.15) is 6.33 Å². The number of aromatic carboxylic acids is 1. The Labute approximate surface area is 113 Å². The first-order chi connectivity index (χ1) is 9.49. The highest BCUT2D eigenvalue weighted by molar-refractivity contribution is 5.88. The van der Waals surface area contributed by atoms with Crippen LogP contribution in [0.5, 0.6) is 0 Å². The Morgan fingerprint density at radius 2 is 2.15 bits per heavy atom. The van der Waals surface area contributed by atoms with Crippen LogP contribution < -0.4 is 5.32 Å². The van der Waals surface area contributed by atoms with Gasteiger partial charge in [-0.2, -0.15) is 5.10 Å². The highest BCUT2D eigenvalue weighted by atomic mass is 19.2. The maximum absolute atomic E-state index is 13.6. The monoisotopic (exact) mass is 282 g/mol. The number of carboxylic acids is 1. The molecule has 106 valence electrons. The third kappa shape index (κ3) is 2.90. The lowest BCUT2D eigenvalue weighted by Gasteiger charge is -2.08. The van der Waals surface area contributed by atoms with Crippen molar-refractivity contribution in [3.05, 3.63) is 41.5 Å². The third-order valence-corrected chi connectivity index (χ3v) is 2.62. The minimum Gasteiger partial charge on any atom is -0.478 e. The standard InChI is InChI=1S/C12H12F2N4O2/c1-18-6-16-9(17-18)4-5-15-8-3-2-7(12(19)20)10(13)11(8)14/h2-3,6,15H,4-5H2,1H3,(H,19,20). The van der Waals surface area contributed by atoms with E-state index in [9.17, 15) is 13.6 Å². The van der Waals surface area contributed by atoms with Gasteiger partial charge in [-0.3, -0.25) is 4.68 Å². The number of carboxylic acid groups (broad SMARTS) is 1. The lowest BCUT2D eigenvalue weighted by atomic mass is 10.2. The molecule has 0 saturated heterocycles. The van der Waals surface area contributed by atoms with Crippen LogP contribution in [0, 0.1) is 11.6 Å². The van der Waals surface area contributed by atoms with Crippen molar-refractivity contribution in [1.82, 2.24) is 14.8 Å². The summed E-state index contributed by atoms with van der Waals surface area (Å²) in [5.74, 6) is -3.52. The van der Waals surface area contributed by atoms with E-state index in [4.69, 9.17) is 5.11 Å². The van der Waals surface area contributed by atoms with Crippen LogP contribution in [0.4, 0.5) is 14.5 Å². The van der Waals surface area contributed by atoms with E-state index in [-0.39, 0.29) is 5.69 Å². The highest BCUT2D eigenvalue weighted by Crippen LogP contribution is 2.20. The first-order valence-corrected chi connectivity index (χ1v) is 5.78. The lowest BCUT2D eigenvalue weighted by molar-refractivity contribution is 0.0690. The fourth-order valence-electron chi connectivity index (χ4n) is 1.66. The van der Waals surface area contributed by atoms with Gasteiger partial charge in [0.25, 0.3) is 0 Å². The van der Waals surface area contributed by atoms with Crippen LogP contribution in [0.2, 0.25) is 0 Å². The zero-order valence-corrected chi connectivity index (χ0v) is 10.6. The Morgan fingerprint density at radius 1 is 1.40 bits per heavy atom. The predicted molar refractivity (Wildman–Crippen MR) is 66.5 cm³/mol. The molecule has 0 aliphatic rings. The molecule has 0 atom stereocenters. The zero-order valence-electron chi connectivity index (χ0n) is 10.6. The Hall–Kier alpha value is -2.51. The maximum Gasteiger partial charge on any atom is 0.338 e. The second-order valence-corrected chi connectivity index (χ2v) is 4.11. The van der Waals surface area contributed by atoms with Crippen molar-refractivity contribution in [2.75, 3.05) is 11.9 Å². The van der Waals surface area contributed by atoms with Gasteiger partial charge in [0.15, 0.2) is 17.5 Å². The van der Waals surface area contributed by atoms with Gasteiger partial charge in [-0.25, -0.2) is 18.6 Å². The van der Waals surface area contributed by atoms with E-state index in [0.717, 1.165) is 6.07 Å². The van der Waals surface area contributed by atoms with Crippen LogP contribution in [-0.2, 0) is 13.5 Å². The van der Waals surface area contributed by atoms with Gasteiger partial charge in [-0.15, -0.1) is 0 Å². The molecule has 1 aromatic heterocycles. The summed E-state index contributed by atoms with van der Waals surface area (Å²) in [5.41, 5.74) is -0.789. The molecule has 0 unspecified atom stereocenters. The van der Waals surface area contributed by atoms with Crippen molar-refractivity contribution < 1.29 is 18.7 Å². The van der Waals surface area contributed by atoms with Crippen LogP contribution >= 0.6 is 0 Å². The summed E-state index contributed by atoms with van der Waals surface area (Å²) in [5, 5.41) is 15.4. The second kappa shape index (κ2) is 5.64. The summed E-state index contributed by atoms with van der Waals surface area (Å²) in [6, 6.07) is 2.20. The van der Waals surface area contributed by atoms with E-state index in [2.05, 4.69) is 15.4 Å². The van der Waals surface area contributed by atoms with Crippen LogP contribution in [-0.4, -0.2) is 32.4 Å². The van der Waals surface area contributed by atoms with Gasteiger partial charge in [-0.1, -0.05) is 0 Å². The minimum absolute atomic E-state index is 0.0940. The van der Waals surface area contributed by atoms with Crippen molar-refractivity contribution in [2.45, 2.75) is 6.42 Å². The Balaban J connectivity index is 2.03. The first-order valence-electron chi connectivity index (χ1n) is 5.78. The third-order valence-electron chi connectivity index (χ3n) is 2.62. The maximum atomic E-state index is 13.6. The normalized spacial score (nSPS) is 10.6. The van der Waals surface area contributed by atoms with Crippen LogP contribution in [0.3, 0.4) is 0 Å². The number of nitrogens with zero attached hydrogens (tertiary/aromatic N) is 3. The molecule has 1 heterocycles. The molecule has 0 radical (unpaired) electrons. The van der Waals surface area contributed by atoms with E-state index in [1.54, 1.807) is 7.05 Å². The van der Waals surface area contributed by atoms with Crippen LogP contribution in [0.1, 0.15) is 16.2 Å². The molecule has 0 aliphatic heterocycles. The molecule has 8 heteroatoms. The van der Waals surface area contributed by atoms with Crippen molar-refractivity contribution >= 4 is 11.7 Å². The summed E-state index contributed by atoms with van der Waals surface area (Å²) < 4.78 is 28.6. The molecule has 0 bridgehead atoms. The average Bonchev–Trinajstić information content (AvgIpc) is 2.80. The number of hydrogen-bond acceptors (Lipinski definition) is 4. The van der Waals surface area contributed by atoms with E-state index >= 15 is 0 Å². The number of hydrogen-bond donors (Lipinski definition) is 2. The average molecular weight is 282 g/mol. The van der Waals surface area contributed by atoms with Gasteiger partial charge >= 0.3 is 5.97 Å². The molecule has 0 spiro atoms. The summed E-state index contributed by atoms with van der Waals surface area (Å²) in [4.78, 5) is 14.6. The fraction of sp³-hybridized carbons (Fsp3) is 0.250. The zero-order chi connectivity index (χ0) is 14.7. The van der Waals surface area contributed by atoms with Gasteiger partial charge in [0.2, 0.25) is 0 Å². The number of halogens is 2. The van der Waals surface area contributed by atoms with Crippen LogP contribution in [0.15, 0.2) is 18.5 Å². The number of anilines is 1. The Kier molecular flexibility index (Phi) is 3.92. The molecule has 1 aromatic carbocycles. The topological polar surface area (TPSA) is 80.0 Å². The van der Waals surface area contributed by atoms with E-state index in [1.165, 1.54) is 17.1 Å². The largest absolute Gasteiger partial charge is 0.478 e. The number of aryl methyl sites for hydroxylation is 1. The molecular formula is C12H12F2N4O2. The molecule has 6 nitrogen and oxygen atoms in total. The minimum atomic E-state index is -1.51. The molecule has 2 aromatic rings. The first kappa shape index (κ1) is 13.9. The molecule has 2 rings (SSSR count). The molecule has 0 aliphatic carbocycles. The quantitative estimate of drug-likeness (QED) is 0.867. The molecule has 0 fully saturated rings. The summed E-state index contributed by atoms with van der Waals surface area (Å²) in [6.07, 6.45) is 1.97. The summed E-state index contributed by atoms with van der Waals surface area (Å²) >= 11 is 0. The summed E-state index contributed by atoms with van der Waals surface area (Å²) in [7, 11) is 1.73. The molecule has 2 N–H and O–H groups in total. The van der Waals surface area contributed by atoms with Gasteiger partial charge < -0.3 is 10.4 Å².